The molecule has 1 heterocycles. The predicted octanol–water partition coefficient (Wildman–Crippen LogP) is 5.51. The van der Waals surface area contributed by atoms with E-state index < -0.39 is 5.97 Å². The van der Waals surface area contributed by atoms with E-state index in [4.69, 9.17) is 5.11 Å². The fourth-order valence-electron chi connectivity index (χ4n) is 2.26. The molecule has 0 saturated heterocycles. The molecule has 0 saturated carbocycles. The highest BCUT2D eigenvalue weighted by Gasteiger charge is 2.09. The number of carboxylic acids is 1. The number of thiazole rings is 1. The highest BCUT2D eigenvalue weighted by molar-refractivity contribution is 7.98. The third kappa shape index (κ3) is 4.81. The zero-order valence-corrected chi connectivity index (χ0v) is 15.3. The van der Waals surface area contributed by atoms with Crippen LogP contribution in [0.5, 0.6) is 0 Å². The number of aliphatic carboxylic acids is 1. The number of benzene rings is 2. The largest absolute Gasteiger partial charge is 0.478 e. The molecule has 126 valence electrons. The Morgan fingerprint density at radius 1 is 1.16 bits per heavy atom. The summed E-state index contributed by atoms with van der Waals surface area (Å²) < 4.78 is 0. The number of nitrogens with zero attached hydrogens (tertiary/aromatic N) is 1. The normalized spacial score (nSPS) is 11.1. The SMILES string of the molecule is Cc1nc(-c2ccccc2)sc1CSc1ccc(/C=C/C(=O)O)cc1. The van der Waals surface area contributed by atoms with Gasteiger partial charge in [0.25, 0.3) is 0 Å². The molecule has 0 aliphatic carbocycles. The van der Waals surface area contributed by atoms with Gasteiger partial charge in [-0.3, -0.25) is 0 Å². The number of carbonyl (C=O) groups is 1. The predicted molar refractivity (Wildman–Crippen MR) is 105 cm³/mol. The van der Waals surface area contributed by atoms with E-state index in [1.54, 1.807) is 29.2 Å². The molecule has 25 heavy (non-hydrogen) atoms. The van der Waals surface area contributed by atoms with Crippen molar-refractivity contribution in [3.05, 3.63) is 76.8 Å². The highest BCUT2D eigenvalue weighted by Crippen LogP contribution is 2.32. The van der Waals surface area contributed by atoms with E-state index in [-0.39, 0.29) is 0 Å². The molecular formula is C20H17NO2S2. The van der Waals surface area contributed by atoms with E-state index in [0.717, 1.165) is 38.6 Å². The quantitative estimate of drug-likeness (QED) is 0.461. The average molecular weight is 367 g/mol. The third-order valence-electron chi connectivity index (χ3n) is 3.58. The summed E-state index contributed by atoms with van der Waals surface area (Å²) in [5, 5.41) is 9.71. The van der Waals surface area contributed by atoms with Gasteiger partial charge in [0.05, 0.1) is 5.69 Å². The number of rotatable bonds is 6. The first-order chi connectivity index (χ1) is 12.1. The van der Waals surface area contributed by atoms with Crippen molar-refractivity contribution in [2.75, 3.05) is 0 Å². The van der Waals surface area contributed by atoms with Crippen molar-refractivity contribution in [1.82, 2.24) is 4.98 Å². The van der Waals surface area contributed by atoms with Gasteiger partial charge in [0, 0.05) is 27.2 Å². The molecule has 0 bridgehead atoms. The highest BCUT2D eigenvalue weighted by atomic mass is 32.2. The first-order valence-electron chi connectivity index (χ1n) is 7.77. The van der Waals surface area contributed by atoms with Crippen molar-refractivity contribution in [3.63, 3.8) is 0 Å². The van der Waals surface area contributed by atoms with Crippen molar-refractivity contribution >= 4 is 35.1 Å². The smallest absolute Gasteiger partial charge is 0.328 e. The van der Waals surface area contributed by atoms with E-state index in [2.05, 4.69) is 24.0 Å². The summed E-state index contributed by atoms with van der Waals surface area (Å²) in [4.78, 5) is 17.7. The van der Waals surface area contributed by atoms with Crippen LogP contribution in [0.15, 0.2) is 65.6 Å². The molecule has 0 unspecified atom stereocenters. The molecule has 1 N–H and O–H groups in total. The first kappa shape index (κ1) is 17.5. The van der Waals surface area contributed by atoms with Crippen LogP contribution in [0.2, 0.25) is 0 Å². The maximum absolute atomic E-state index is 10.5. The van der Waals surface area contributed by atoms with Crippen LogP contribution in [0.1, 0.15) is 16.1 Å². The Kier molecular flexibility index (Phi) is 5.68. The Morgan fingerprint density at radius 2 is 1.88 bits per heavy atom. The van der Waals surface area contributed by atoms with E-state index in [0.29, 0.717) is 0 Å². The van der Waals surface area contributed by atoms with Crippen molar-refractivity contribution in [1.29, 1.82) is 0 Å². The van der Waals surface area contributed by atoms with Gasteiger partial charge in [0.15, 0.2) is 0 Å². The Labute approximate surface area is 155 Å². The molecule has 0 atom stereocenters. The summed E-state index contributed by atoms with van der Waals surface area (Å²) in [5.41, 5.74) is 3.12. The van der Waals surface area contributed by atoms with Gasteiger partial charge >= 0.3 is 5.97 Å². The molecular weight excluding hydrogens is 350 g/mol. The lowest BCUT2D eigenvalue weighted by molar-refractivity contribution is -0.131. The van der Waals surface area contributed by atoms with E-state index >= 15 is 0 Å². The van der Waals surface area contributed by atoms with Gasteiger partial charge in [-0.05, 0) is 30.7 Å². The number of hydrogen-bond donors (Lipinski definition) is 1. The Bertz CT molecular complexity index is 884. The van der Waals surface area contributed by atoms with Gasteiger partial charge in [-0.1, -0.05) is 42.5 Å². The zero-order chi connectivity index (χ0) is 17.6. The summed E-state index contributed by atoms with van der Waals surface area (Å²) >= 11 is 3.50. The molecule has 1 aromatic heterocycles. The Morgan fingerprint density at radius 3 is 2.56 bits per heavy atom. The van der Waals surface area contributed by atoms with Crippen molar-refractivity contribution in [2.45, 2.75) is 17.6 Å². The van der Waals surface area contributed by atoms with Gasteiger partial charge in [-0.2, -0.15) is 0 Å². The van der Waals surface area contributed by atoms with Crippen LogP contribution < -0.4 is 0 Å². The van der Waals surface area contributed by atoms with Gasteiger partial charge < -0.3 is 5.11 Å². The summed E-state index contributed by atoms with van der Waals surface area (Å²) in [5.74, 6) is -0.0611. The minimum Gasteiger partial charge on any atom is -0.478 e. The molecule has 5 heteroatoms. The zero-order valence-electron chi connectivity index (χ0n) is 13.7. The second-order valence-corrected chi connectivity index (χ2v) is 7.56. The average Bonchev–Trinajstić information content (AvgIpc) is 3.00. The number of thioether (sulfide) groups is 1. The van der Waals surface area contributed by atoms with Gasteiger partial charge in [-0.25, -0.2) is 9.78 Å². The van der Waals surface area contributed by atoms with Crippen molar-refractivity contribution in [2.24, 2.45) is 0 Å². The summed E-state index contributed by atoms with van der Waals surface area (Å²) in [6.45, 7) is 2.05. The number of hydrogen-bond acceptors (Lipinski definition) is 4. The Balaban J connectivity index is 1.66. The van der Waals surface area contributed by atoms with Crippen molar-refractivity contribution in [3.8, 4) is 10.6 Å². The molecule has 0 spiro atoms. The lowest BCUT2D eigenvalue weighted by Crippen LogP contribution is -1.85. The van der Waals surface area contributed by atoms with Gasteiger partial charge in [-0.15, -0.1) is 23.1 Å². The molecule has 3 nitrogen and oxygen atoms in total. The van der Waals surface area contributed by atoms with Crippen LogP contribution in [-0.4, -0.2) is 16.1 Å². The second-order valence-electron chi connectivity index (χ2n) is 5.42. The number of aromatic nitrogens is 1. The summed E-state index contributed by atoms with van der Waals surface area (Å²) in [6.07, 6.45) is 2.74. The minimum atomic E-state index is -0.937. The van der Waals surface area contributed by atoms with E-state index in [1.807, 2.05) is 42.5 Å². The molecule has 0 radical (unpaired) electrons. The standard InChI is InChI=1S/C20H17NO2S2/c1-14-18(25-20(21-14)16-5-3-2-4-6-16)13-24-17-10-7-15(8-11-17)9-12-19(22)23/h2-12H,13H2,1H3,(H,22,23)/b12-9+. The second kappa shape index (κ2) is 8.14. The topological polar surface area (TPSA) is 50.2 Å². The third-order valence-corrected chi connectivity index (χ3v) is 6.01. The lowest BCUT2D eigenvalue weighted by Gasteiger charge is -2.01. The number of aryl methyl sites for hydroxylation is 1. The van der Waals surface area contributed by atoms with Crippen LogP contribution >= 0.6 is 23.1 Å². The molecule has 2 aromatic carbocycles. The molecule has 0 aliphatic rings. The molecule has 0 amide bonds. The summed E-state index contributed by atoms with van der Waals surface area (Å²) in [6, 6.07) is 18.1. The first-order valence-corrected chi connectivity index (χ1v) is 9.57. The maximum atomic E-state index is 10.5. The van der Waals surface area contributed by atoms with E-state index in [9.17, 15) is 4.79 Å². The summed E-state index contributed by atoms with van der Waals surface area (Å²) in [7, 11) is 0. The maximum Gasteiger partial charge on any atom is 0.328 e. The minimum absolute atomic E-state index is 0.876. The van der Waals surface area contributed by atoms with Crippen LogP contribution in [0, 0.1) is 6.92 Å². The monoisotopic (exact) mass is 367 g/mol. The van der Waals surface area contributed by atoms with Crippen LogP contribution in [0.4, 0.5) is 0 Å². The van der Waals surface area contributed by atoms with Gasteiger partial charge in [0.2, 0.25) is 0 Å². The fourth-order valence-corrected chi connectivity index (χ4v) is 4.37. The van der Waals surface area contributed by atoms with Gasteiger partial charge in [0.1, 0.15) is 5.01 Å². The lowest BCUT2D eigenvalue weighted by atomic mass is 10.2. The van der Waals surface area contributed by atoms with Crippen molar-refractivity contribution < 1.29 is 9.90 Å². The fraction of sp³-hybridized carbons (Fsp3) is 0.100. The molecule has 3 aromatic rings. The number of carboxylic acid groups (broad SMARTS) is 1. The molecule has 0 fully saturated rings. The molecule has 3 rings (SSSR count). The van der Waals surface area contributed by atoms with Crippen LogP contribution in [0.25, 0.3) is 16.6 Å². The van der Waals surface area contributed by atoms with Crippen LogP contribution in [-0.2, 0) is 10.5 Å². The molecule has 0 aliphatic heterocycles. The Hall–Kier alpha value is -2.37. The van der Waals surface area contributed by atoms with E-state index in [1.165, 1.54) is 4.88 Å². The van der Waals surface area contributed by atoms with Crippen LogP contribution in [0.3, 0.4) is 0 Å².